The van der Waals surface area contributed by atoms with Gasteiger partial charge in [0.1, 0.15) is 0 Å². The average Bonchev–Trinajstić information content (AvgIpc) is 2.47. The third-order valence-electron chi connectivity index (χ3n) is 3.96. The number of nitrogens with one attached hydrogen (secondary N) is 1. The summed E-state index contributed by atoms with van der Waals surface area (Å²) in [4.78, 5) is 8.49. The summed E-state index contributed by atoms with van der Waals surface area (Å²) in [5, 5.41) is 3.64. The largest absolute Gasteiger partial charge is 0.307 e. The SMILES string of the molecule is CSC1(CNC(C)c2cnccn2)CCCCC1. The summed E-state index contributed by atoms with van der Waals surface area (Å²) < 4.78 is 0.439. The van der Waals surface area contributed by atoms with Crippen LogP contribution in [0.25, 0.3) is 0 Å². The molecule has 1 N–H and O–H groups in total. The van der Waals surface area contributed by atoms with E-state index in [1.807, 2.05) is 18.0 Å². The van der Waals surface area contributed by atoms with Crippen LogP contribution in [0.15, 0.2) is 18.6 Å². The third kappa shape index (κ3) is 3.45. The van der Waals surface area contributed by atoms with Gasteiger partial charge in [-0.05, 0) is 26.0 Å². The average molecular weight is 265 g/mol. The highest BCUT2D eigenvalue weighted by atomic mass is 32.2. The number of rotatable bonds is 5. The first-order valence-corrected chi connectivity index (χ1v) is 8.03. The highest BCUT2D eigenvalue weighted by Crippen LogP contribution is 2.38. The molecular formula is C14H23N3S. The van der Waals surface area contributed by atoms with Gasteiger partial charge in [-0.25, -0.2) is 0 Å². The topological polar surface area (TPSA) is 37.8 Å². The van der Waals surface area contributed by atoms with Crippen LogP contribution in [0.3, 0.4) is 0 Å². The van der Waals surface area contributed by atoms with Crippen LogP contribution < -0.4 is 5.32 Å². The molecule has 1 aromatic heterocycles. The number of nitrogens with zero attached hydrogens (tertiary/aromatic N) is 2. The van der Waals surface area contributed by atoms with Gasteiger partial charge in [-0.15, -0.1) is 0 Å². The van der Waals surface area contributed by atoms with E-state index in [1.165, 1.54) is 32.1 Å². The molecule has 1 fully saturated rings. The molecule has 0 radical (unpaired) electrons. The summed E-state index contributed by atoms with van der Waals surface area (Å²) in [5.41, 5.74) is 1.03. The van der Waals surface area contributed by atoms with Crippen LogP contribution >= 0.6 is 11.8 Å². The van der Waals surface area contributed by atoms with Crippen LogP contribution in [0, 0.1) is 0 Å². The van der Waals surface area contributed by atoms with Gasteiger partial charge in [0.2, 0.25) is 0 Å². The fourth-order valence-electron chi connectivity index (χ4n) is 2.63. The molecule has 100 valence electrons. The van der Waals surface area contributed by atoms with Crippen LogP contribution in [0.4, 0.5) is 0 Å². The van der Waals surface area contributed by atoms with Crippen LogP contribution in [-0.2, 0) is 0 Å². The predicted octanol–water partition coefficient (Wildman–Crippen LogP) is 3.19. The lowest BCUT2D eigenvalue weighted by Crippen LogP contribution is -2.40. The molecule has 0 bridgehead atoms. The van der Waals surface area contributed by atoms with E-state index in [4.69, 9.17) is 0 Å². The van der Waals surface area contributed by atoms with E-state index in [-0.39, 0.29) is 6.04 Å². The van der Waals surface area contributed by atoms with E-state index >= 15 is 0 Å². The first-order valence-electron chi connectivity index (χ1n) is 6.80. The van der Waals surface area contributed by atoms with Gasteiger partial charge in [0, 0.05) is 35.9 Å². The minimum atomic E-state index is 0.282. The molecule has 0 saturated heterocycles. The molecule has 0 aromatic carbocycles. The first-order chi connectivity index (χ1) is 8.76. The molecule has 1 aliphatic rings. The van der Waals surface area contributed by atoms with E-state index in [0.717, 1.165) is 12.2 Å². The lowest BCUT2D eigenvalue weighted by Gasteiger charge is -2.36. The molecule has 18 heavy (non-hydrogen) atoms. The monoisotopic (exact) mass is 265 g/mol. The standard InChI is InChI=1S/C14H23N3S/c1-12(13-10-15-8-9-16-13)17-11-14(18-2)6-4-3-5-7-14/h8-10,12,17H,3-7,11H2,1-2H3. The lowest BCUT2D eigenvalue weighted by molar-refractivity contribution is 0.366. The zero-order valence-corrected chi connectivity index (χ0v) is 12.2. The zero-order valence-electron chi connectivity index (χ0n) is 11.4. The Hall–Kier alpha value is -0.610. The fraction of sp³-hybridized carbons (Fsp3) is 0.714. The smallest absolute Gasteiger partial charge is 0.0753 e. The Morgan fingerprint density at radius 1 is 1.33 bits per heavy atom. The predicted molar refractivity (Wildman–Crippen MR) is 77.8 cm³/mol. The Morgan fingerprint density at radius 2 is 2.11 bits per heavy atom. The van der Waals surface area contributed by atoms with Gasteiger partial charge in [-0.1, -0.05) is 19.3 Å². The molecule has 1 heterocycles. The summed E-state index contributed by atoms with van der Waals surface area (Å²) in [6.07, 6.45) is 14.4. The van der Waals surface area contributed by atoms with E-state index in [2.05, 4.69) is 28.5 Å². The normalized spacial score (nSPS) is 20.6. The molecule has 0 spiro atoms. The van der Waals surface area contributed by atoms with Crippen LogP contribution in [0.5, 0.6) is 0 Å². The van der Waals surface area contributed by atoms with E-state index in [0.29, 0.717) is 4.75 Å². The maximum absolute atomic E-state index is 4.36. The highest BCUT2D eigenvalue weighted by Gasteiger charge is 2.31. The quantitative estimate of drug-likeness (QED) is 0.887. The van der Waals surface area contributed by atoms with Crippen molar-refractivity contribution in [2.24, 2.45) is 0 Å². The van der Waals surface area contributed by atoms with Crippen LogP contribution in [0.1, 0.15) is 50.8 Å². The minimum absolute atomic E-state index is 0.282. The van der Waals surface area contributed by atoms with Crippen molar-refractivity contribution in [3.63, 3.8) is 0 Å². The van der Waals surface area contributed by atoms with E-state index in [9.17, 15) is 0 Å². The minimum Gasteiger partial charge on any atom is -0.307 e. The summed E-state index contributed by atoms with van der Waals surface area (Å²) >= 11 is 2.03. The Morgan fingerprint density at radius 3 is 2.72 bits per heavy atom. The highest BCUT2D eigenvalue weighted by molar-refractivity contribution is 8.00. The van der Waals surface area contributed by atoms with E-state index in [1.54, 1.807) is 12.4 Å². The van der Waals surface area contributed by atoms with Crippen molar-refractivity contribution in [1.82, 2.24) is 15.3 Å². The Kier molecular flexibility index (Phi) is 5.01. The molecule has 2 rings (SSSR count). The van der Waals surface area contributed by atoms with Crippen molar-refractivity contribution >= 4 is 11.8 Å². The van der Waals surface area contributed by atoms with Crippen molar-refractivity contribution in [2.75, 3.05) is 12.8 Å². The molecule has 1 unspecified atom stereocenters. The second kappa shape index (κ2) is 6.53. The maximum atomic E-state index is 4.36. The Balaban J connectivity index is 1.90. The Labute approximate surface area is 114 Å². The van der Waals surface area contributed by atoms with Gasteiger partial charge in [0.15, 0.2) is 0 Å². The number of aromatic nitrogens is 2. The summed E-state index contributed by atoms with van der Waals surface area (Å²) in [7, 11) is 0. The summed E-state index contributed by atoms with van der Waals surface area (Å²) in [5.74, 6) is 0. The van der Waals surface area contributed by atoms with Gasteiger partial charge >= 0.3 is 0 Å². The van der Waals surface area contributed by atoms with Crippen molar-refractivity contribution in [3.8, 4) is 0 Å². The van der Waals surface area contributed by atoms with E-state index < -0.39 is 0 Å². The van der Waals surface area contributed by atoms with Crippen molar-refractivity contribution in [3.05, 3.63) is 24.3 Å². The second-order valence-electron chi connectivity index (χ2n) is 5.18. The zero-order chi connectivity index (χ0) is 12.8. The second-order valence-corrected chi connectivity index (χ2v) is 6.45. The molecule has 1 atom stereocenters. The van der Waals surface area contributed by atoms with Crippen molar-refractivity contribution in [1.29, 1.82) is 0 Å². The third-order valence-corrected chi connectivity index (χ3v) is 5.37. The molecule has 1 aromatic rings. The first kappa shape index (κ1) is 13.8. The molecule has 0 aliphatic heterocycles. The maximum Gasteiger partial charge on any atom is 0.0753 e. The molecule has 0 amide bonds. The van der Waals surface area contributed by atoms with Gasteiger partial charge in [-0.3, -0.25) is 9.97 Å². The van der Waals surface area contributed by atoms with Crippen LogP contribution in [0.2, 0.25) is 0 Å². The molecule has 1 saturated carbocycles. The van der Waals surface area contributed by atoms with Gasteiger partial charge < -0.3 is 5.32 Å². The lowest BCUT2D eigenvalue weighted by atomic mass is 9.88. The number of hydrogen-bond donors (Lipinski definition) is 1. The number of hydrogen-bond acceptors (Lipinski definition) is 4. The van der Waals surface area contributed by atoms with Gasteiger partial charge in [0.25, 0.3) is 0 Å². The summed E-state index contributed by atoms with van der Waals surface area (Å²) in [6.45, 7) is 3.24. The van der Waals surface area contributed by atoms with Gasteiger partial charge in [0.05, 0.1) is 5.69 Å². The van der Waals surface area contributed by atoms with Crippen molar-refractivity contribution < 1.29 is 0 Å². The molecule has 4 heteroatoms. The summed E-state index contributed by atoms with van der Waals surface area (Å²) in [6, 6.07) is 0.282. The number of thioether (sulfide) groups is 1. The molecule has 1 aliphatic carbocycles. The Bertz CT molecular complexity index is 349. The van der Waals surface area contributed by atoms with Gasteiger partial charge in [-0.2, -0.15) is 11.8 Å². The van der Waals surface area contributed by atoms with Crippen molar-refractivity contribution in [2.45, 2.75) is 49.8 Å². The van der Waals surface area contributed by atoms with Crippen LogP contribution in [-0.4, -0.2) is 27.5 Å². The fourth-order valence-corrected chi connectivity index (χ4v) is 3.55. The molecular weight excluding hydrogens is 242 g/mol. The molecule has 3 nitrogen and oxygen atoms in total.